The van der Waals surface area contributed by atoms with E-state index in [1.54, 1.807) is 6.08 Å². The average Bonchev–Trinajstić information content (AvgIpc) is 3.06. The van der Waals surface area contributed by atoms with Gasteiger partial charge in [-0.2, -0.15) is 0 Å². The number of hydrogen-bond donors (Lipinski definition) is 1. The van der Waals surface area contributed by atoms with E-state index in [4.69, 9.17) is 18.5 Å². The third-order valence-electron chi connectivity index (χ3n) is 8.59. The first-order chi connectivity index (χ1) is 24.0. The molecule has 2 atom stereocenters. The van der Waals surface area contributed by atoms with E-state index < -0.39 is 32.5 Å². The van der Waals surface area contributed by atoms with Gasteiger partial charge in [0.05, 0.1) is 27.7 Å². The number of quaternary nitrogens is 1. The number of likely N-dealkylation sites (N-methyl/N-ethyl adjacent to an activating group) is 1. The molecule has 50 heavy (non-hydrogen) atoms. The van der Waals surface area contributed by atoms with Gasteiger partial charge >= 0.3 is 19.8 Å². The van der Waals surface area contributed by atoms with Gasteiger partial charge in [0.15, 0.2) is 6.10 Å². The molecule has 9 nitrogen and oxygen atoms in total. The molecular weight excluding hydrogens is 653 g/mol. The molecule has 1 N–H and O–H groups in total. The van der Waals surface area contributed by atoms with Gasteiger partial charge in [0.1, 0.15) is 19.8 Å². The number of esters is 2. The van der Waals surface area contributed by atoms with Crippen molar-refractivity contribution in [2.75, 3.05) is 47.5 Å². The second kappa shape index (κ2) is 33.3. The molecule has 0 aliphatic rings. The van der Waals surface area contributed by atoms with Crippen molar-refractivity contribution in [3.8, 4) is 0 Å². The third kappa shape index (κ3) is 36.3. The van der Waals surface area contributed by atoms with Crippen LogP contribution >= 0.6 is 7.82 Å². The molecule has 294 valence electrons. The van der Waals surface area contributed by atoms with E-state index >= 15 is 0 Å². The van der Waals surface area contributed by atoms with Crippen molar-refractivity contribution in [2.24, 2.45) is 0 Å². The molecule has 0 heterocycles. The Morgan fingerprint density at radius 2 is 1.14 bits per heavy atom. The van der Waals surface area contributed by atoms with Crippen molar-refractivity contribution >= 4 is 19.8 Å². The molecule has 0 rings (SSSR count). The molecule has 0 aliphatic heterocycles. The maximum atomic E-state index is 12.5. The molecule has 0 aromatic carbocycles. The number of allylic oxidation sites excluding steroid dienone is 3. The zero-order valence-corrected chi connectivity index (χ0v) is 33.8. The highest BCUT2D eigenvalue weighted by Crippen LogP contribution is 2.43. The second-order valence-electron chi connectivity index (χ2n) is 14.8. The summed E-state index contributed by atoms with van der Waals surface area (Å²) in [7, 11) is 1.43. The number of nitrogens with zero attached hydrogens (tertiary/aromatic N) is 1. The number of hydrogen-bond acceptors (Lipinski definition) is 7. The topological polar surface area (TPSA) is 108 Å². The maximum Gasteiger partial charge on any atom is 0.472 e. The molecule has 0 radical (unpaired) electrons. The molecule has 0 aromatic heterocycles. The molecule has 0 fully saturated rings. The summed E-state index contributed by atoms with van der Waals surface area (Å²) in [6.45, 7) is 4.28. The van der Waals surface area contributed by atoms with E-state index in [-0.39, 0.29) is 19.6 Å². The van der Waals surface area contributed by atoms with Crippen LogP contribution in [-0.2, 0) is 32.7 Å². The number of ether oxygens (including phenoxy) is 2. The van der Waals surface area contributed by atoms with Crippen LogP contribution < -0.4 is 0 Å². The molecule has 0 aliphatic carbocycles. The van der Waals surface area contributed by atoms with Crippen LogP contribution in [0, 0.1) is 0 Å². The fourth-order valence-electron chi connectivity index (χ4n) is 5.39. The van der Waals surface area contributed by atoms with Crippen LogP contribution in [0.25, 0.3) is 0 Å². The summed E-state index contributed by atoms with van der Waals surface area (Å²) in [5, 5.41) is 0. The number of rotatable bonds is 36. The van der Waals surface area contributed by atoms with E-state index in [0.29, 0.717) is 11.0 Å². The predicted octanol–water partition coefficient (Wildman–Crippen LogP) is 10.8. The van der Waals surface area contributed by atoms with Crippen molar-refractivity contribution in [3.05, 3.63) is 24.3 Å². The summed E-state index contributed by atoms with van der Waals surface area (Å²) < 4.78 is 34.0. The van der Waals surface area contributed by atoms with Crippen LogP contribution in [0.15, 0.2) is 24.3 Å². The lowest BCUT2D eigenvalue weighted by molar-refractivity contribution is -0.870. The van der Waals surface area contributed by atoms with Crippen LogP contribution in [-0.4, -0.2) is 74.9 Å². The van der Waals surface area contributed by atoms with E-state index in [1.807, 2.05) is 33.3 Å². The molecule has 0 aromatic rings. The normalized spacial score (nSPS) is 14.0. The molecule has 0 spiro atoms. The second-order valence-corrected chi connectivity index (χ2v) is 16.2. The number of phosphoric acid groups is 1. The van der Waals surface area contributed by atoms with Crippen LogP contribution in [0.2, 0.25) is 0 Å². The summed E-state index contributed by atoms with van der Waals surface area (Å²) in [5.41, 5.74) is 0. The van der Waals surface area contributed by atoms with Gasteiger partial charge in [0.2, 0.25) is 0 Å². The van der Waals surface area contributed by atoms with Gasteiger partial charge < -0.3 is 18.9 Å². The minimum absolute atomic E-state index is 0.0178. The zero-order chi connectivity index (χ0) is 37.2. The molecule has 10 heteroatoms. The van der Waals surface area contributed by atoms with Gasteiger partial charge in [-0.3, -0.25) is 13.8 Å². The molecule has 2 unspecified atom stereocenters. The summed E-state index contributed by atoms with van der Waals surface area (Å²) >= 11 is 0. The first-order valence-electron chi connectivity index (χ1n) is 20.1. The number of phosphoric ester groups is 1. The molecule has 0 saturated carbocycles. The molecule has 0 bridgehead atoms. The van der Waals surface area contributed by atoms with E-state index in [1.165, 1.54) is 122 Å². The highest BCUT2D eigenvalue weighted by Gasteiger charge is 2.26. The van der Waals surface area contributed by atoms with Crippen molar-refractivity contribution in [1.29, 1.82) is 0 Å². The summed E-state index contributed by atoms with van der Waals surface area (Å²) in [6.07, 6.45) is 34.3. The Bertz CT molecular complexity index is 918. The highest BCUT2D eigenvalue weighted by molar-refractivity contribution is 7.47. The monoisotopic (exact) mass is 731 g/mol. The van der Waals surface area contributed by atoms with Gasteiger partial charge in [0.25, 0.3) is 0 Å². The lowest BCUT2D eigenvalue weighted by Gasteiger charge is -2.24. The first kappa shape index (κ1) is 48.5. The SMILES string of the molecule is CCCCCCCCCCCCC/C=C/C=C/C(=O)OC(COC(=O)CCCCCCCCCCCCC)COP(=O)(O)OCC[N+](C)(C)C. The largest absolute Gasteiger partial charge is 0.472 e. The van der Waals surface area contributed by atoms with Crippen molar-refractivity contribution in [1.82, 2.24) is 0 Å². The minimum atomic E-state index is -4.39. The Kier molecular flexibility index (Phi) is 32.3. The molecule has 0 amide bonds. The van der Waals surface area contributed by atoms with Crippen molar-refractivity contribution in [3.63, 3.8) is 0 Å². The van der Waals surface area contributed by atoms with E-state index in [2.05, 4.69) is 13.8 Å². The lowest BCUT2D eigenvalue weighted by atomic mass is 10.1. The van der Waals surface area contributed by atoms with Gasteiger partial charge in [0, 0.05) is 12.5 Å². The Morgan fingerprint density at radius 1 is 0.660 bits per heavy atom. The van der Waals surface area contributed by atoms with Crippen LogP contribution in [0.4, 0.5) is 0 Å². The smallest absolute Gasteiger partial charge is 0.462 e. The zero-order valence-electron chi connectivity index (χ0n) is 32.9. The van der Waals surface area contributed by atoms with Gasteiger partial charge in [-0.05, 0) is 19.3 Å². The fraction of sp³-hybridized carbons (Fsp3) is 0.850. The van der Waals surface area contributed by atoms with Crippen LogP contribution in [0.1, 0.15) is 168 Å². The van der Waals surface area contributed by atoms with Gasteiger partial charge in [-0.15, -0.1) is 0 Å². The Morgan fingerprint density at radius 3 is 1.64 bits per heavy atom. The quantitative estimate of drug-likeness (QED) is 0.0169. The first-order valence-corrected chi connectivity index (χ1v) is 21.6. The van der Waals surface area contributed by atoms with Gasteiger partial charge in [-0.25, -0.2) is 9.36 Å². The summed E-state index contributed by atoms with van der Waals surface area (Å²) in [6, 6.07) is 0. The Hall–Kier alpha value is -1.51. The van der Waals surface area contributed by atoms with E-state index in [9.17, 15) is 19.0 Å². The standard InChI is InChI=1S/C40H76NO8P/c1-6-8-10-12-14-16-18-19-20-21-23-25-27-29-31-33-40(43)49-38(37-48-50(44,45)47-35-34-41(3,4)5)36-46-39(42)32-30-28-26-24-22-17-15-13-11-9-7-2/h27,29,31,33,38H,6-26,28,30,32,34-37H2,1-5H3/p+1/b29-27+,33-31+. The highest BCUT2D eigenvalue weighted by atomic mass is 31.2. The van der Waals surface area contributed by atoms with Crippen LogP contribution in [0.5, 0.6) is 0 Å². The number of carbonyl (C=O) groups excluding carboxylic acids is 2. The summed E-state index contributed by atoms with van der Waals surface area (Å²) in [4.78, 5) is 35.0. The van der Waals surface area contributed by atoms with Crippen LogP contribution in [0.3, 0.4) is 0 Å². The Balaban J connectivity index is 4.52. The average molecular weight is 731 g/mol. The van der Waals surface area contributed by atoms with E-state index in [0.717, 1.165) is 32.1 Å². The minimum Gasteiger partial charge on any atom is -0.462 e. The number of unbranched alkanes of at least 4 members (excludes halogenated alkanes) is 21. The third-order valence-corrected chi connectivity index (χ3v) is 9.58. The Labute approximate surface area is 307 Å². The lowest BCUT2D eigenvalue weighted by Crippen LogP contribution is -2.37. The maximum absolute atomic E-state index is 12.5. The number of carbonyl (C=O) groups is 2. The predicted molar refractivity (Wildman–Crippen MR) is 206 cm³/mol. The molecule has 0 saturated heterocycles. The fourth-order valence-corrected chi connectivity index (χ4v) is 6.13. The molecular formula is C40H77NO8P+. The van der Waals surface area contributed by atoms with Crippen molar-refractivity contribution in [2.45, 2.75) is 174 Å². The van der Waals surface area contributed by atoms with Gasteiger partial charge in [-0.1, -0.05) is 160 Å². The summed E-state index contributed by atoms with van der Waals surface area (Å²) in [5.74, 6) is -1.05. The van der Waals surface area contributed by atoms with Crippen molar-refractivity contribution < 1.29 is 42.1 Å².